The highest BCUT2D eigenvalue weighted by Crippen LogP contribution is 2.36. The van der Waals surface area contributed by atoms with Crippen LogP contribution in [0.3, 0.4) is 0 Å². The lowest BCUT2D eigenvalue weighted by atomic mass is 9.88. The van der Waals surface area contributed by atoms with Gasteiger partial charge in [-0.15, -0.1) is 0 Å². The second-order valence-electron chi connectivity index (χ2n) is 5.50. The van der Waals surface area contributed by atoms with Gasteiger partial charge in [-0.05, 0) is 25.2 Å². The number of hydrogen-bond donors (Lipinski definition) is 1. The number of rotatable bonds is 5. The fourth-order valence-electron chi connectivity index (χ4n) is 2.38. The lowest BCUT2D eigenvalue weighted by Gasteiger charge is -2.28. The second kappa shape index (κ2) is 5.67. The quantitative estimate of drug-likeness (QED) is 0.733. The molecule has 2 unspecified atom stereocenters. The van der Waals surface area contributed by atoms with E-state index in [0.717, 1.165) is 6.54 Å². The van der Waals surface area contributed by atoms with E-state index < -0.39 is 0 Å². The Labute approximate surface area is 98.9 Å². The Morgan fingerprint density at radius 1 is 1.38 bits per heavy atom. The molecule has 0 bridgehead atoms. The van der Waals surface area contributed by atoms with E-state index >= 15 is 0 Å². The lowest BCUT2D eigenvalue weighted by molar-refractivity contribution is -0.145. The van der Waals surface area contributed by atoms with Crippen molar-refractivity contribution in [3.8, 4) is 0 Å². The van der Waals surface area contributed by atoms with Crippen molar-refractivity contribution in [1.82, 2.24) is 5.32 Å². The number of methoxy groups -OCH3 is 1. The number of hydrogen-bond acceptors (Lipinski definition) is 3. The molecule has 1 saturated carbocycles. The van der Waals surface area contributed by atoms with Gasteiger partial charge in [-0.3, -0.25) is 4.79 Å². The number of esters is 1. The molecule has 0 heterocycles. The molecule has 1 aliphatic rings. The highest BCUT2D eigenvalue weighted by atomic mass is 16.5. The molecule has 1 rings (SSSR count). The van der Waals surface area contributed by atoms with Gasteiger partial charge in [0.2, 0.25) is 0 Å². The Kier molecular flexibility index (Phi) is 4.78. The van der Waals surface area contributed by atoms with Gasteiger partial charge in [0.05, 0.1) is 13.0 Å². The molecule has 0 saturated heterocycles. The molecule has 3 heteroatoms. The summed E-state index contributed by atoms with van der Waals surface area (Å²) in [5.41, 5.74) is 0.435. The predicted molar refractivity (Wildman–Crippen MR) is 65.2 cm³/mol. The Morgan fingerprint density at radius 2 is 1.94 bits per heavy atom. The van der Waals surface area contributed by atoms with Gasteiger partial charge in [-0.25, -0.2) is 0 Å². The molecule has 0 radical (unpaired) electrons. The third kappa shape index (κ3) is 3.48. The van der Waals surface area contributed by atoms with Crippen LogP contribution in [0.1, 0.15) is 46.5 Å². The van der Waals surface area contributed by atoms with Crippen LogP contribution in [0.5, 0.6) is 0 Å². The molecule has 3 nitrogen and oxygen atoms in total. The fourth-order valence-corrected chi connectivity index (χ4v) is 2.38. The van der Waals surface area contributed by atoms with Gasteiger partial charge in [0.25, 0.3) is 0 Å². The summed E-state index contributed by atoms with van der Waals surface area (Å²) in [6.07, 6.45) is 5.30. The van der Waals surface area contributed by atoms with Crippen LogP contribution in [-0.4, -0.2) is 25.7 Å². The van der Waals surface area contributed by atoms with Gasteiger partial charge in [0.1, 0.15) is 0 Å². The van der Waals surface area contributed by atoms with Crippen molar-refractivity contribution in [1.29, 1.82) is 0 Å². The smallest absolute Gasteiger partial charge is 0.309 e. The summed E-state index contributed by atoms with van der Waals surface area (Å²) < 4.78 is 4.75. The van der Waals surface area contributed by atoms with Crippen LogP contribution in [0.25, 0.3) is 0 Å². The molecule has 0 aromatic heterocycles. The standard InChI is InChI=1S/C13H25NO2/c1-10(12(15)16-4)11(2)14-9-13(3)7-5-6-8-13/h10-11,14H,5-9H2,1-4H3. The van der Waals surface area contributed by atoms with Crippen LogP contribution in [0.15, 0.2) is 0 Å². The van der Waals surface area contributed by atoms with Gasteiger partial charge in [-0.1, -0.05) is 26.7 Å². The van der Waals surface area contributed by atoms with E-state index in [1.54, 1.807) is 0 Å². The highest BCUT2D eigenvalue weighted by Gasteiger charge is 2.30. The van der Waals surface area contributed by atoms with Crippen molar-refractivity contribution in [3.63, 3.8) is 0 Å². The van der Waals surface area contributed by atoms with Crippen molar-refractivity contribution in [2.45, 2.75) is 52.5 Å². The average molecular weight is 227 g/mol. The predicted octanol–water partition coefficient (Wildman–Crippen LogP) is 2.35. The van der Waals surface area contributed by atoms with Crippen LogP contribution in [-0.2, 0) is 9.53 Å². The van der Waals surface area contributed by atoms with Crippen molar-refractivity contribution >= 4 is 5.97 Å². The van der Waals surface area contributed by atoms with Crippen LogP contribution in [0, 0.1) is 11.3 Å². The average Bonchev–Trinajstić information content (AvgIpc) is 2.71. The summed E-state index contributed by atoms with van der Waals surface area (Å²) in [5.74, 6) is -0.202. The second-order valence-corrected chi connectivity index (χ2v) is 5.50. The van der Waals surface area contributed by atoms with Crippen LogP contribution in [0.2, 0.25) is 0 Å². The molecule has 2 atom stereocenters. The van der Waals surface area contributed by atoms with E-state index in [0.29, 0.717) is 5.41 Å². The summed E-state index contributed by atoms with van der Waals surface area (Å²) >= 11 is 0. The van der Waals surface area contributed by atoms with E-state index in [4.69, 9.17) is 4.74 Å². The molecule has 1 aliphatic carbocycles. The third-order valence-corrected chi connectivity index (χ3v) is 3.98. The topological polar surface area (TPSA) is 38.3 Å². The SMILES string of the molecule is COC(=O)C(C)C(C)NCC1(C)CCCC1. The minimum Gasteiger partial charge on any atom is -0.469 e. The Morgan fingerprint density at radius 3 is 2.44 bits per heavy atom. The fraction of sp³-hybridized carbons (Fsp3) is 0.923. The maximum atomic E-state index is 11.4. The van der Waals surface area contributed by atoms with Crippen LogP contribution < -0.4 is 5.32 Å². The van der Waals surface area contributed by atoms with E-state index in [1.165, 1.54) is 32.8 Å². The zero-order chi connectivity index (χ0) is 12.2. The molecule has 0 amide bonds. The van der Waals surface area contributed by atoms with Gasteiger partial charge in [0.15, 0.2) is 0 Å². The number of carbonyl (C=O) groups is 1. The molecular weight excluding hydrogens is 202 g/mol. The van der Waals surface area contributed by atoms with Crippen molar-refractivity contribution in [2.24, 2.45) is 11.3 Å². The number of ether oxygens (including phenoxy) is 1. The monoisotopic (exact) mass is 227 g/mol. The van der Waals surface area contributed by atoms with Gasteiger partial charge in [-0.2, -0.15) is 0 Å². The van der Waals surface area contributed by atoms with Gasteiger partial charge < -0.3 is 10.1 Å². The highest BCUT2D eigenvalue weighted by molar-refractivity contribution is 5.72. The molecule has 0 spiro atoms. The third-order valence-electron chi connectivity index (χ3n) is 3.98. The summed E-state index contributed by atoms with van der Waals surface area (Å²) in [7, 11) is 1.45. The summed E-state index contributed by atoms with van der Waals surface area (Å²) in [6, 6.07) is 0.185. The van der Waals surface area contributed by atoms with E-state index in [2.05, 4.69) is 19.2 Å². The van der Waals surface area contributed by atoms with Crippen molar-refractivity contribution < 1.29 is 9.53 Å². The molecule has 0 aromatic carbocycles. The Bertz CT molecular complexity index is 234. The molecule has 1 fully saturated rings. The molecule has 1 N–H and O–H groups in total. The maximum Gasteiger partial charge on any atom is 0.309 e. The zero-order valence-corrected chi connectivity index (χ0v) is 11.0. The summed E-state index contributed by atoms with van der Waals surface area (Å²) in [4.78, 5) is 11.4. The van der Waals surface area contributed by atoms with E-state index in [9.17, 15) is 4.79 Å². The number of nitrogens with one attached hydrogen (secondary N) is 1. The molecule has 16 heavy (non-hydrogen) atoms. The summed E-state index contributed by atoms with van der Waals surface area (Å²) in [6.45, 7) is 7.32. The molecule has 0 aliphatic heterocycles. The van der Waals surface area contributed by atoms with E-state index in [-0.39, 0.29) is 17.9 Å². The van der Waals surface area contributed by atoms with Gasteiger partial charge >= 0.3 is 5.97 Å². The first kappa shape index (κ1) is 13.5. The maximum absolute atomic E-state index is 11.4. The lowest BCUT2D eigenvalue weighted by Crippen LogP contribution is -2.41. The van der Waals surface area contributed by atoms with Crippen LogP contribution in [0.4, 0.5) is 0 Å². The van der Waals surface area contributed by atoms with Crippen molar-refractivity contribution in [2.75, 3.05) is 13.7 Å². The first-order chi connectivity index (χ1) is 7.48. The van der Waals surface area contributed by atoms with Crippen LogP contribution >= 0.6 is 0 Å². The normalized spacial score (nSPS) is 22.8. The first-order valence-corrected chi connectivity index (χ1v) is 6.30. The zero-order valence-electron chi connectivity index (χ0n) is 11.0. The summed E-state index contributed by atoms with van der Waals surface area (Å²) in [5, 5.41) is 3.48. The number of carbonyl (C=O) groups excluding carboxylic acids is 1. The Hall–Kier alpha value is -0.570. The minimum atomic E-state index is -0.128. The molecule has 94 valence electrons. The van der Waals surface area contributed by atoms with E-state index in [1.807, 2.05) is 6.92 Å². The Balaban J connectivity index is 2.34. The first-order valence-electron chi connectivity index (χ1n) is 6.30. The van der Waals surface area contributed by atoms with Gasteiger partial charge in [0, 0.05) is 12.6 Å². The molecular formula is C13H25NO2. The van der Waals surface area contributed by atoms with Crippen molar-refractivity contribution in [3.05, 3.63) is 0 Å². The largest absolute Gasteiger partial charge is 0.469 e. The minimum absolute atomic E-state index is 0.0741. The molecule has 0 aromatic rings.